The molecule has 0 spiro atoms. The number of allylic oxidation sites excluding steroid dienone is 3. The first kappa shape index (κ1) is 13.6. The number of hydrogen-bond acceptors (Lipinski definition) is 2. The smallest absolute Gasteiger partial charge is 0.0661 e. The molecule has 0 radical (unpaired) electrons. The van der Waals surface area contributed by atoms with Crippen molar-refractivity contribution in [3.05, 3.63) is 35.6 Å². The SMILES string of the molecule is C=C(C)C(=C/C(C)=N)/C(=C\C)N=C(C)C. The van der Waals surface area contributed by atoms with Crippen LogP contribution in [0.25, 0.3) is 0 Å². The molecule has 15 heavy (non-hydrogen) atoms. The molecule has 0 saturated carbocycles. The predicted molar refractivity (Wildman–Crippen MR) is 68.8 cm³/mol. The molecule has 1 N–H and O–H groups in total. The van der Waals surface area contributed by atoms with E-state index in [2.05, 4.69) is 11.6 Å². The molecule has 0 saturated heterocycles. The molecule has 0 aromatic carbocycles. The third-order valence-corrected chi connectivity index (χ3v) is 1.71. The minimum atomic E-state index is 0.510. The number of nitrogens with zero attached hydrogens (tertiary/aromatic N) is 1. The highest BCUT2D eigenvalue weighted by Crippen LogP contribution is 2.19. The highest BCUT2D eigenvalue weighted by atomic mass is 14.8. The van der Waals surface area contributed by atoms with Crippen molar-refractivity contribution in [2.75, 3.05) is 0 Å². The van der Waals surface area contributed by atoms with Crippen molar-refractivity contribution in [3.63, 3.8) is 0 Å². The first-order valence-electron chi connectivity index (χ1n) is 4.99. The summed E-state index contributed by atoms with van der Waals surface area (Å²) >= 11 is 0. The van der Waals surface area contributed by atoms with E-state index in [9.17, 15) is 0 Å². The Labute approximate surface area is 92.6 Å². The molecule has 0 aliphatic heterocycles. The second-order valence-electron chi connectivity index (χ2n) is 3.75. The number of hydrogen-bond donors (Lipinski definition) is 1. The Hall–Kier alpha value is -1.44. The molecule has 0 bridgehead atoms. The number of aliphatic imine (C=N–C) groups is 1. The van der Waals surface area contributed by atoms with Crippen LogP contribution >= 0.6 is 0 Å². The average Bonchev–Trinajstić information content (AvgIpc) is 2.09. The third kappa shape index (κ3) is 5.11. The molecule has 0 heterocycles. The zero-order valence-electron chi connectivity index (χ0n) is 10.3. The van der Waals surface area contributed by atoms with Gasteiger partial charge in [-0.3, -0.25) is 4.99 Å². The van der Waals surface area contributed by atoms with Gasteiger partial charge in [-0.25, -0.2) is 0 Å². The molecule has 0 amide bonds. The van der Waals surface area contributed by atoms with Crippen LogP contribution in [0.1, 0.15) is 34.6 Å². The van der Waals surface area contributed by atoms with Gasteiger partial charge in [0, 0.05) is 17.0 Å². The van der Waals surface area contributed by atoms with Crippen LogP contribution in [0.15, 0.2) is 40.6 Å². The van der Waals surface area contributed by atoms with E-state index in [-0.39, 0.29) is 0 Å². The Morgan fingerprint density at radius 2 is 1.73 bits per heavy atom. The maximum atomic E-state index is 7.48. The molecule has 0 aromatic heterocycles. The summed E-state index contributed by atoms with van der Waals surface area (Å²) in [5, 5.41) is 7.48. The average molecular weight is 204 g/mol. The van der Waals surface area contributed by atoms with Crippen molar-refractivity contribution in [2.24, 2.45) is 4.99 Å². The van der Waals surface area contributed by atoms with Crippen molar-refractivity contribution < 1.29 is 0 Å². The largest absolute Gasteiger partial charge is 0.306 e. The Balaban J connectivity index is 5.35. The fourth-order valence-electron chi connectivity index (χ4n) is 1.15. The minimum Gasteiger partial charge on any atom is -0.306 e. The topological polar surface area (TPSA) is 36.2 Å². The van der Waals surface area contributed by atoms with E-state index in [1.54, 1.807) is 13.0 Å². The molecule has 0 aliphatic rings. The predicted octanol–water partition coefficient (Wildman–Crippen LogP) is 3.91. The van der Waals surface area contributed by atoms with Crippen molar-refractivity contribution >= 4 is 11.4 Å². The zero-order valence-corrected chi connectivity index (χ0v) is 10.3. The van der Waals surface area contributed by atoms with Gasteiger partial charge in [0.1, 0.15) is 0 Å². The molecule has 0 fully saturated rings. The molecule has 2 heteroatoms. The normalized spacial score (nSPS) is 12.3. The van der Waals surface area contributed by atoms with Gasteiger partial charge in [-0.2, -0.15) is 0 Å². The van der Waals surface area contributed by atoms with Gasteiger partial charge in [0.15, 0.2) is 0 Å². The van der Waals surface area contributed by atoms with E-state index in [0.717, 1.165) is 22.6 Å². The second kappa shape index (κ2) is 6.12. The molecule has 2 nitrogen and oxygen atoms in total. The van der Waals surface area contributed by atoms with E-state index in [1.165, 1.54) is 0 Å². The molecule has 0 rings (SSSR count). The summed E-state index contributed by atoms with van der Waals surface area (Å²) in [7, 11) is 0. The van der Waals surface area contributed by atoms with Gasteiger partial charge in [-0.05, 0) is 46.3 Å². The van der Waals surface area contributed by atoms with Gasteiger partial charge >= 0.3 is 0 Å². The zero-order chi connectivity index (χ0) is 12.0. The van der Waals surface area contributed by atoms with Crippen LogP contribution in [0.2, 0.25) is 0 Å². The summed E-state index contributed by atoms with van der Waals surface area (Å²) in [5.74, 6) is 0. The van der Waals surface area contributed by atoms with Gasteiger partial charge < -0.3 is 5.41 Å². The molecule has 0 aromatic rings. The highest BCUT2D eigenvalue weighted by molar-refractivity contribution is 5.92. The number of rotatable bonds is 4. The van der Waals surface area contributed by atoms with Crippen LogP contribution in [-0.4, -0.2) is 11.4 Å². The molecule has 0 atom stereocenters. The van der Waals surface area contributed by atoms with Gasteiger partial charge in [0.25, 0.3) is 0 Å². The van der Waals surface area contributed by atoms with Crippen molar-refractivity contribution in [1.82, 2.24) is 0 Å². The van der Waals surface area contributed by atoms with E-state index in [4.69, 9.17) is 5.41 Å². The molecule has 0 unspecified atom stereocenters. The van der Waals surface area contributed by atoms with E-state index < -0.39 is 0 Å². The van der Waals surface area contributed by atoms with Gasteiger partial charge in [-0.1, -0.05) is 12.7 Å². The standard InChI is InChI=1S/C13H20N2/c1-7-13(15-10(4)5)12(9(2)3)8-11(6)14/h7-8,14H,2H2,1,3-6H3/b12-8-,13-7+,14-11?. The Morgan fingerprint density at radius 1 is 1.20 bits per heavy atom. The maximum Gasteiger partial charge on any atom is 0.0661 e. The summed E-state index contributed by atoms with van der Waals surface area (Å²) < 4.78 is 0. The summed E-state index contributed by atoms with van der Waals surface area (Å²) in [4.78, 5) is 4.42. The molecule has 0 aliphatic carbocycles. The van der Waals surface area contributed by atoms with Crippen LogP contribution in [0, 0.1) is 5.41 Å². The van der Waals surface area contributed by atoms with Crippen LogP contribution in [0.3, 0.4) is 0 Å². The lowest BCUT2D eigenvalue weighted by Gasteiger charge is -2.08. The van der Waals surface area contributed by atoms with Crippen LogP contribution in [0.5, 0.6) is 0 Å². The Morgan fingerprint density at radius 3 is 2.00 bits per heavy atom. The van der Waals surface area contributed by atoms with Gasteiger partial charge in [0.2, 0.25) is 0 Å². The Bertz CT molecular complexity index is 351. The monoisotopic (exact) mass is 204 g/mol. The lowest BCUT2D eigenvalue weighted by atomic mass is 10.0. The first-order valence-corrected chi connectivity index (χ1v) is 4.99. The fourth-order valence-corrected chi connectivity index (χ4v) is 1.15. The van der Waals surface area contributed by atoms with Crippen molar-refractivity contribution in [1.29, 1.82) is 5.41 Å². The first-order chi connectivity index (χ1) is 6.88. The summed E-state index contributed by atoms with van der Waals surface area (Å²) in [5.41, 5.74) is 4.26. The van der Waals surface area contributed by atoms with Crippen LogP contribution in [0.4, 0.5) is 0 Å². The van der Waals surface area contributed by atoms with E-state index in [1.807, 2.05) is 33.8 Å². The van der Waals surface area contributed by atoms with E-state index >= 15 is 0 Å². The maximum absolute atomic E-state index is 7.48. The molecule has 82 valence electrons. The minimum absolute atomic E-state index is 0.510. The summed E-state index contributed by atoms with van der Waals surface area (Å²) in [6.07, 6.45) is 3.74. The molecular weight excluding hydrogens is 184 g/mol. The Kier molecular flexibility index (Phi) is 5.53. The molecular formula is C13H20N2. The second-order valence-corrected chi connectivity index (χ2v) is 3.75. The third-order valence-electron chi connectivity index (χ3n) is 1.71. The van der Waals surface area contributed by atoms with Crippen molar-refractivity contribution in [3.8, 4) is 0 Å². The summed E-state index contributed by atoms with van der Waals surface area (Å²) in [6.45, 7) is 13.4. The summed E-state index contributed by atoms with van der Waals surface area (Å²) in [6, 6.07) is 0. The number of nitrogens with one attached hydrogen (secondary N) is 1. The van der Waals surface area contributed by atoms with Crippen LogP contribution in [-0.2, 0) is 0 Å². The van der Waals surface area contributed by atoms with Crippen LogP contribution < -0.4 is 0 Å². The lowest BCUT2D eigenvalue weighted by Crippen LogP contribution is -1.95. The van der Waals surface area contributed by atoms with E-state index in [0.29, 0.717) is 5.71 Å². The lowest BCUT2D eigenvalue weighted by molar-refractivity contribution is 1.25. The fraction of sp³-hybridized carbons (Fsp3) is 0.385. The van der Waals surface area contributed by atoms with Gasteiger partial charge in [0.05, 0.1) is 5.70 Å². The quantitative estimate of drug-likeness (QED) is 0.532. The van der Waals surface area contributed by atoms with Gasteiger partial charge in [-0.15, -0.1) is 0 Å². The highest BCUT2D eigenvalue weighted by Gasteiger charge is 2.04. The van der Waals surface area contributed by atoms with Crippen molar-refractivity contribution in [2.45, 2.75) is 34.6 Å².